The van der Waals surface area contributed by atoms with Crippen molar-refractivity contribution in [3.8, 4) is 23.7 Å². The lowest BCUT2D eigenvalue weighted by Gasteiger charge is -1.82. The lowest BCUT2D eigenvalue weighted by atomic mass is 10.3. The molecule has 0 heterocycles. The summed E-state index contributed by atoms with van der Waals surface area (Å²) in [5, 5.41) is 8.33. The summed E-state index contributed by atoms with van der Waals surface area (Å²) >= 11 is 0. The SMILES string of the molecule is CCCC#CC#CC=C=CCCC(=O)O. The van der Waals surface area contributed by atoms with Gasteiger partial charge in [0.25, 0.3) is 0 Å². The van der Waals surface area contributed by atoms with Crippen molar-refractivity contribution >= 4 is 5.97 Å². The van der Waals surface area contributed by atoms with Crippen LogP contribution in [0.4, 0.5) is 0 Å². The molecule has 15 heavy (non-hydrogen) atoms. The number of carbonyl (C=O) groups is 1. The molecule has 0 amide bonds. The third-order valence-electron chi connectivity index (χ3n) is 1.37. The zero-order valence-electron chi connectivity index (χ0n) is 8.84. The second-order valence-corrected chi connectivity index (χ2v) is 2.77. The molecular weight excluding hydrogens is 188 g/mol. The zero-order valence-corrected chi connectivity index (χ0v) is 8.84. The summed E-state index contributed by atoms with van der Waals surface area (Å²) in [6.45, 7) is 2.06. The van der Waals surface area contributed by atoms with E-state index in [4.69, 9.17) is 5.11 Å². The highest BCUT2D eigenvalue weighted by atomic mass is 16.4. The van der Waals surface area contributed by atoms with Gasteiger partial charge in [-0.3, -0.25) is 4.79 Å². The highest BCUT2D eigenvalue weighted by Crippen LogP contribution is 1.88. The Kier molecular flexibility index (Phi) is 8.91. The molecule has 0 aromatic rings. The quantitative estimate of drug-likeness (QED) is 0.561. The van der Waals surface area contributed by atoms with Crippen molar-refractivity contribution in [2.45, 2.75) is 32.6 Å². The van der Waals surface area contributed by atoms with E-state index < -0.39 is 5.97 Å². The van der Waals surface area contributed by atoms with E-state index in [1.165, 1.54) is 0 Å². The Bertz CT molecular complexity index is 363. The summed E-state index contributed by atoms with van der Waals surface area (Å²) < 4.78 is 0. The van der Waals surface area contributed by atoms with E-state index in [9.17, 15) is 4.79 Å². The molecule has 0 fully saturated rings. The number of rotatable bonds is 4. The van der Waals surface area contributed by atoms with Gasteiger partial charge in [0.05, 0.1) is 0 Å². The number of aliphatic carboxylic acids is 1. The van der Waals surface area contributed by atoms with Gasteiger partial charge in [0.1, 0.15) is 0 Å². The van der Waals surface area contributed by atoms with E-state index in [1.54, 1.807) is 12.2 Å². The van der Waals surface area contributed by atoms with Crippen LogP contribution < -0.4 is 0 Å². The molecule has 0 saturated carbocycles. The maximum absolute atomic E-state index is 10.1. The summed E-state index contributed by atoms with van der Waals surface area (Å²) in [7, 11) is 0. The van der Waals surface area contributed by atoms with Crippen LogP contribution in [0.2, 0.25) is 0 Å². The fourth-order valence-corrected chi connectivity index (χ4v) is 0.683. The number of unbranched alkanes of at least 4 members (excludes halogenated alkanes) is 1. The van der Waals surface area contributed by atoms with Crippen molar-refractivity contribution in [1.29, 1.82) is 0 Å². The molecule has 0 saturated heterocycles. The minimum absolute atomic E-state index is 0.130. The van der Waals surface area contributed by atoms with E-state index in [0.29, 0.717) is 6.42 Å². The molecule has 2 nitrogen and oxygen atoms in total. The predicted molar refractivity (Wildman–Crippen MR) is 60.0 cm³/mol. The van der Waals surface area contributed by atoms with Crippen LogP contribution in [0.3, 0.4) is 0 Å². The summed E-state index contributed by atoms with van der Waals surface area (Å²) in [6, 6.07) is 0. The summed E-state index contributed by atoms with van der Waals surface area (Å²) in [5.41, 5.74) is 2.78. The molecule has 0 spiro atoms. The Morgan fingerprint density at radius 3 is 2.87 bits per heavy atom. The lowest BCUT2D eigenvalue weighted by Crippen LogP contribution is -1.91. The standard InChI is InChI=1S/C13H14O2/c1-2-3-4-5-6-7-8-9-10-11-12-13(14)15/h8,10H,2-3,11-12H2,1H3,(H,14,15). The van der Waals surface area contributed by atoms with Gasteiger partial charge >= 0.3 is 5.97 Å². The third kappa shape index (κ3) is 12.1. The zero-order chi connectivity index (χ0) is 11.4. The van der Waals surface area contributed by atoms with E-state index >= 15 is 0 Å². The number of hydrogen-bond acceptors (Lipinski definition) is 1. The summed E-state index contributed by atoms with van der Waals surface area (Å²) in [5.74, 6) is 10.1. The first kappa shape index (κ1) is 13.1. The van der Waals surface area contributed by atoms with Crippen LogP contribution >= 0.6 is 0 Å². The van der Waals surface area contributed by atoms with Crippen LogP contribution in [0.15, 0.2) is 17.9 Å². The minimum atomic E-state index is -0.801. The van der Waals surface area contributed by atoms with E-state index in [0.717, 1.165) is 12.8 Å². The molecule has 0 atom stereocenters. The third-order valence-corrected chi connectivity index (χ3v) is 1.37. The molecule has 0 rings (SSSR count). The van der Waals surface area contributed by atoms with Gasteiger partial charge in [-0.05, 0) is 30.8 Å². The van der Waals surface area contributed by atoms with Gasteiger partial charge < -0.3 is 5.11 Å². The fraction of sp³-hybridized carbons (Fsp3) is 0.385. The highest BCUT2D eigenvalue weighted by Gasteiger charge is 1.90. The maximum Gasteiger partial charge on any atom is 0.303 e. The Balaban J connectivity index is 3.79. The van der Waals surface area contributed by atoms with Crippen molar-refractivity contribution < 1.29 is 9.90 Å². The number of hydrogen-bond donors (Lipinski definition) is 1. The van der Waals surface area contributed by atoms with Crippen LogP contribution in [-0.2, 0) is 4.79 Å². The van der Waals surface area contributed by atoms with Gasteiger partial charge in [-0.2, -0.15) is 0 Å². The van der Waals surface area contributed by atoms with E-state index in [1.807, 2.05) is 0 Å². The van der Waals surface area contributed by atoms with Gasteiger partial charge in [0.15, 0.2) is 0 Å². The second kappa shape index (κ2) is 10.2. The van der Waals surface area contributed by atoms with Gasteiger partial charge in [-0.15, -0.1) is 5.73 Å². The first-order valence-corrected chi connectivity index (χ1v) is 4.87. The van der Waals surface area contributed by atoms with Crippen molar-refractivity contribution in [2.24, 2.45) is 0 Å². The smallest absolute Gasteiger partial charge is 0.303 e. The number of carboxylic acids is 1. The van der Waals surface area contributed by atoms with Gasteiger partial charge in [0, 0.05) is 18.9 Å². The van der Waals surface area contributed by atoms with Crippen LogP contribution in [0.1, 0.15) is 32.6 Å². The highest BCUT2D eigenvalue weighted by molar-refractivity contribution is 5.66. The number of allylic oxidation sites excluding steroid dienone is 1. The normalized spacial score (nSPS) is 7.27. The average Bonchev–Trinajstić information content (AvgIpc) is 2.20. The Hall–Kier alpha value is -1.89. The molecule has 0 bridgehead atoms. The maximum atomic E-state index is 10.1. The summed E-state index contributed by atoms with van der Waals surface area (Å²) in [4.78, 5) is 10.1. The molecule has 2 heteroatoms. The second-order valence-electron chi connectivity index (χ2n) is 2.77. The Labute approximate surface area is 90.7 Å². The lowest BCUT2D eigenvalue weighted by molar-refractivity contribution is -0.136. The molecule has 0 aromatic heterocycles. The van der Waals surface area contributed by atoms with Gasteiger partial charge in [-0.25, -0.2) is 0 Å². The molecule has 0 aromatic carbocycles. The van der Waals surface area contributed by atoms with E-state index in [2.05, 4.69) is 36.3 Å². The molecule has 0 radical (unpaired) electrons. The Morgan fingerprint density at radius 1 is 1.40 bits per heavy atom. The first-order chi connectivity index (χ1) is 7.27. The van der Waals surface area contributed by atoms with Crippen LogP contribution in [-0.4, -0.2) is 11.1 Å². The molecule has 0 aliphatic carbocycles. The molecule has 0 aliphatic heterocycles. The van der Waals surface area contributed by atoms with Crippen LogP contribution in [0.25, 0.3) is 0 Å². The van der Waals surface area contributed by atoms with E-state index in [-0.39, 0.29) is 6.42 Å². The molecule has 78 valence electrons. The number of carboxylic acid groups (broad SMARTS) is 1. The molecule has 0 aliphatic rings. The van der Waals surface area contributed by atoms with Crippen molar-refractivity contribution in [2.75, 3.05) is 0 Å². The average molecular weight is 202 g/mol. The van der Waals surface area contributed by atoms with Crippen molar-refractivity contribution in [3.05, 3.63) is 17.9 Å². The van der Waals surface area contributed by atoms with Gasteiger partial charge in [-0.1, -0.05) is 18.8 Å². The monoisotopic (exact) mass is 202 g/mol. The fourth-order valence-electron chi connectivity index (χ4n) is 0.683. The Morgan fingerprint density at radius 2 is 2.20 bits per heavy atom. The minimum Gasteiger partial charge on any atom is -0.481 e. The predicted octanol–water partition coefficient (Wildman–Crippen LogP) is 2.37. The van der Waals surface area contributed by atoms with Crippen molar-refractivity contribution in [1.82, 2.24) is 0 Å². The van der Waals surface area contributed by atoms with Crippen LogP contribution in [0.5, 0.6) is 0 Å². The summed E-state index contributed by atoms with van der Waals surface area (Å²) in [6.07, 6.45) is 5.72. The largest absolute Gasteiger partial charge is 0.481 e. The topological polar surface area (TPSA) is 37.3 Å². The molecule has 0 unspecified atom stereocenters. The van der Waals surface area contributed by atoms with Crippen molar-refractivity contribution in [3.63, 3.8) is 0 Å². The molecule has 1 N–H and O–H groups in total. The molecular formula is C13H14O2. The van der Waals surface area contributed by atoms with Gasteiger partial charge in [0.2, 0.25) is 0 Å². The first-order valence-electron chi connectivity index (χ1n) is 4.87. The van der Waals surface area contributed by atoms with Crippen LogP contribution in [0, 0.1) is 23.7 Å².